The molecule has 238 valence electrons. The molecule has 0 spiro atoms. The summed E-state index contributed by atoms with van der Waals surface area (Å²) >= 11 is 0. The van der Waals surface area contributed by atoms with E-state index in [-0.39, 0.29) is 17.2 Å². The largest absolute Gasteiger partial charge is 0.352 e. The molecule has 5 rings (SSSR count). The Morgan fingerprint density at radius 2 is 1.41 bits per heavy atom. The fraction of sp³-hybridized carbons (Fsp3) is 0.600. The molecule has 0 aliphatic heterocycles. The van der Waals surface area contributed by atoms with Crippen LogP contribution in [0.2, 0.25) is 0 Å². The molecule has 0 saturated heterocycles. The van der Waals surface area contributed by atoms with Gasteiger partial charge in [0.15, 0.2) is 0 Å². The van der Waals surface area contributed by atoms with Gasteiger partial charge >= 0.3 is 0 Å². The number of hydrogen-bond donors (Lipinski definition) is 2. The van der Waals surface area contributed by atoms with E-state index in [9.17, 15) is 9.59 Å². The number of allylic oxidation sites excluding steroid dienone is 1. The van der Waals surface area contributed by atoms with Crippen molar-refractivity contribution in [1.29, 1.82) is 0 Å². The van der Waals surface area contributed by atoms with Crippen molar-refractivity contribution >= 4 is 11.8 Å². The van der Waals surface area contributed by atoms with Crippen LogP contribution in [0.3, 0.4) is 0 Å². The number of hydrogen-bond acceptors (Lipinski definition) is 2. The zero-order valence-corrected chi connectivity index (χ0v) is 27.7. The summed E-state index contributed by atoms with van der Waals surface area (Å²) in [5.74, 6) is 4.19. The highest BCUT2D eigenvalue weighted by molar-refractivity contribution is 5.76. The van der Waals surface area contributed by atoms with Crippen molar-refractivity contribution in [3.8, 4) is 0 Å². The van der Waals surface area contributed by atoms with Crippen LogP contribution in [0.1, 0.15) is 103 Å². The van der Waals surface area contributed by atoms with Gasteiger partial charge in [0.25, 0.3) is 0 Å². The number of benzene rings is 2. The van der Waals surface area contributed by atoms with Crippen LogP contribution in [0.15, 0.2) is 72.8 Å². The Balaban J connectivity index is 1.19. The quantitative estimate of drug-likeness (QED) is 0.241. The molecule has 3 saturated carbocycles. The molecule has 2 aromatic rings. The van der Waals surface area contributed by atoms with E-state index in [4.69, 9.17) is 0 Å². The van der Waals surface area contributed by atoms with Crippen LogP contribution in [0.4, 0.5) is 0 Å². The number of nitrogens with one attached hydrogen (secondary N) is 2. The molecule has 1 unspecified atom stereocenters. The maximum atomic E-state index is 13.1. The zero-order chi connectivity index (χ0) is 31.3. The van der Waals surface area contributed by atoms with Gasteiger partial charge in [-0.05, 0) is 116 Å². The first-order chi connectivity index (χ1) is 21.1. The highest BCUT2D eigenvalue weighted by Gasteiger charge is 2.59. The van der Waals surface area contributed by atoms with E-state index in [1.807, 2.05) is 36.4 Å². The number of rotatable bonds is 12. The van der Waals surface area contributed by atoms with Crippen LogP contribution in [0.25, 0.3) is 0 Å². The summed E-state index contributed by atoms with van der Waals surface area (Å²) in [6.07, 6.45) is 10.7. The Kier molecular flexibility index (Phi) is 10.4. The van der Waals surface area contributed by atoms with Crippen molar-refractivity contribution in [2.45, 2.75) is 105 Å². The second kappa shape index (κ2) is 14.0. The molecule has 2 aromatic carbocycles. The second-order valence-electron chi connectivity index (χ2n) is 15.1. The van der Waals surface area contributed by atoms with Gasteiger partial charge in [-0.15, -0.1) is 0 Å². The zero-order valence-electron chi connectivity index (χ0n) is 27.7. The van der Waals surface area contributed by atoms with Gasteiger partial charge in [0, 0.05) is 25.9 Å². The van der Waals surface area contributed by atoms with Crippen molar-refractivity contribution < 1.29 is 9.59 Å². The van der Waals surface area contributed by atoms with Crippen molar-refractivity contribution in [2.75, 3.05) is 0 Å². The fourth-order valence-electron chi connectivity index (χ4n) is 10.3. The van der Waals surface area contributed by atoms with Crippen LogP contribution in [0, 0.1) is 46.3 Å². The molecule has 3 fully saturated rings. The molecule has 8 atom stereocenters. The topological polar surface area (TPSA) is 58.2 Å². The lowest BCUT2D eigenvalue weighted by atomic mass is 9.45. The number of fused-ring (bicyclic) bond motifs is 3. The number of carbonyl (C=O) groups excluding carboxylic acids is 2. The van der Waals surface area contributed by atoms with E-state index in [0.29, 0.717) is 55.0 Å². The van der Waals surface area contributed by atoms with Crippen molar-refractivity contribution in [1.82, 2.24) is 10.6 Å². The molecule has 2 N–H and O–H groups in total. The minimum Gasteiger partial charge on any atom is -0.352 e. The van der Waals surface area contributed by atoms with E-state index in [1.165, 1.54) is 44.1 Å². The summed E-state index contributed by atoms with van der Waals surface area (Å²) in [4.78, 5) is 25.8. The van der Waals surface area contributed by atoms with Crippen LogP contribution in [-0.4, -0.2) is 11.8 Å². The van der Waals surface area contributed by atoms with Gasteiger partial charge in [-0.3, -0.25) is 9.59 Å². The van der Waals surface area contributed by atoms with Gasteiger partial charge in [-0.1, -0.05) is 93.6 Å². The summed E-state index contributed by atoms with van der Waals surface area (Å²) in [5.41, 5.74) is 4.06. The summed E-state index contributed by atoms with van der Waals surface area (Å²) in [7, 11) is 0. The summed E-state index contributed by atoms with van der Waals surface area (Å²) in [5, 5.41) is 6.31. The average molecular weight is 597 g/mol. The predicted molar refractivity (Wildman–Crippen MR) is 180 cm³/mol. The third-order valence-electron chi connectivity index (χ3n) is 12.6. The van der Waals surface area contributed by atoms with Gasteiger partial charge in [-0.25, -0.2) is 0 Å². The lowest BCUT2D eigenvalue weighted by molar-refractivity contribution is -0.125. The van der Waals surface area contributed by atoms with E-state index >= 15 is 0 Å². The molecule has 3 aliphatic rings. The Labute approximate surface area is 266 Å². The lowest BCUT2D eigenvalue weighted by Gasteiger charge is -2.60. The Hall–Kier alpha value is -2.88. The summed E-state index contributed by atoms with van der Waals surface area (Å²) in [6, 6.07) is 20.4. The molecule has 0 aromatic heterocycles. The first-order valence-electron chi connectivity index (χ1n) is 17.4. The molecule has 3 aliphatic carbocycles. The smallest absolute Gasteiger partial charge is 0.220 e. The molecule has 0 bridgehead atoms. The molecule has 0 radical (unpaired) electrons. The van der Waals surface area contributed by atoms with Crippen molar-refractivity contribution in [3.63, 3.8) is 0 Å². The molecule has 44 heavy (non-hydrogen) atoms. The monoisotopic (exact) mass is 596 g/mol. The Morgan fingerprint density at radius 1 is 0.818 bits per heavy atom. The highest BCUT2D eigenvalue weighted by atomic mass is 16.2. The number of carbonyl (C=O) groups is 2. The predicted octanol–water partition coefficient (Wildman–Crippen LogP) is 8.87. The molecular weight excluding hydrogens is 540 g/mol. The third-order valence-corrected chi connectivity index (χ3v) is 12.6. The highest BCUT2D eigenvalue weighted by Crippen LogP contribution is 2.67. The third kappa shape index (κ3) is 7.00. The fourth-order valence-corrected chi connectivity index (χ4v) is 10.3. The lowest BCUT2D eigenvalue weighted by Crippen LogP contribution is -2.52. The van der Waals surface area contributed by atoms with Crippen molar-refractivity contribution in [3.05, 3.63) is 83.9 Å². The Morgan fingerprint density at radius 3 is 2.00 bits per heavy atom. The summed E-state index contributed by atoms with van der Waals surface area (Å²) < 4.78 is 0. The average Bonchev–Trinajstić information content (AvgIpc) is 3.39. The second-order valence-corrected chi connectivity index (χ2v) is 15.1. The van der Waals surface area contributed by atoms with E-state index in [0.717, 1.165) is 35.8 Å². The molecule has 4 heteroatoms. The molecular formula is C40H56N2O2. The van der Waals surface area contributed by atoms with Gasteiger partial charge in [0.1, 0.15) is 0 Å². The van der Waals surface area contributed by atoms with E-state index in [2.05, 4.69) is 69.2 Å². The summed E-state index contributed by atoms with van der Waals surface area (Å²) in [6.45, 7) is 15.4. The SMILES string of the molecule is C=C(C)C1CC[C@H]2[C@@H]3CC[C@H]([C@H](C)CCC(=O)NCc4ccccc4)[C@@]3(C)CC[C@@H]2[C@@]1(C)CCC(=O)NCc1ccccc1. The Bertz CT molecular complexity index is 1270. The van der Waals surface area contributed by atoms with Crippen LogP contribution >= 0.6 is 0 Å². The maximum Gasteiger partial charge on any atom is 0.220 e. The van der Waals surface area contributed by atoms with Crippen LogP contribution in [-0.2, 0) is 22.7 Å². The minimum atomic E-state index is 0.112. The van der Waals surface area contributed by atoms with Gasteiger partial charge in [0.2, 0.25) is 11.8 Å². The first-order valence-corrected chi connectivity index (χ1v) is 17.4. The molecule has 0 heterocycles. The normalized spacial score (nSPS) is 31.8. The molecule has 2 amide bonds. The van der Waals surface area contributed by atoms with E-state index < -0.39 is 0 Å². The standard InChI is InChI=1S/C40H56N2O2/c1-28(2)33-18-17-32-35-20-19-34(29(3)16-21-37(43)41-26-30-12-8-6-9-13-30)40(35,5)24-22-36(32)39(33,4)25-23-38(44)42-27-31-14-10-7-11-15-31/h6-15,29,32-36H,1,16-27H2,2-5H3,(H,41,43)(H,42,44)/t29-,32+,33?,34-,35+,36+,39+,40-/m1/s1. The van der Waals surface area contributed by atoms with Crippen molar-refractivity contribution in [2.24, 2.45) is 46.3 Å². The maximum absolute atomic E-state index is 13.1. The van der Waals surface area contributed by atoms with Gasteiger partial charge < -0.3 is 10.6 Å². The molecule has 4 nitrogen and oxygen atoms in total. The van der Waals surface area contributed by atoms with Crippen LogP contribution in [0.5, 0.6) is 0 Å². The van der Waals surface area contributed by atoms with Crippen LogP contribution < -0.4 is 10.6 Å². The van der Waals surface area contributed by atoms with Gasteiger partial charge in [-0.2, -0.15) is 0 Å². The number of amides is 2. The van der Waals surface area contributed by atoms with Gasteiger partial charge in [0.05, 0.1) is 0 Å². The minimum absolute atomic E-state index is 0.112. The first kappa shape index (κ1) is 32.5. The van der Waals surface area contributed by atoms with E-state index in [1.54, 1.807) is 0 Å².